The zero-order valence-electron chi connectivity index (χ0n) is 16.2. The van der Waals surface area contributed by atoms with Crippen LogP contribution in [-0.2, 0) is 10.3 Å². The van der Waals surface area contributed by atoms with E-state index in [0.29, 0.717) is 6.42 Å². The molecule has 0 radical (unpaired) electrons. The van der Waals surface area contributed by atoms with Crippen molar-refractivity contribution in [2.75, 3.05) is 13.6 Å². The number of hydrogen-bond acceptors (Lipinski definition) is 2. The van der Waals surface area contributed by atoms with E-state index in [2.05, 4.69) is 80.2 Å². The van der Waals surface area contributed by atoms with E-state index >= 15 is 0 Å². The number of rotatable bonds is 6. The van der Waals surface area contributed by atoms with Crippen LogP contribution in [0.2, 0.25) is 0 Å². The summed E-state index contributed by atoms with van der Waals surface area (Å²) in [6, 6.07) is 17.0. The molecule has 3 aromatic rings. The molecule has 0 N–H and O–H groups in total. The maximum absolute atomic E-state index is 12.4. The highest BCUT2D eigenvalue weighted by Crippen LogP contribution is 2.49. The van der Waals surface area contributed by atoms with Crippen LogP contribution >= 0.6 is 15.9 Å². The van der Waals surface area contributed by atoms with E-state index in [1.807, 2.05) is 20.2 Å². The van der Waals surface area contributed by atoms with Crippen molar-refractivity contribution >= 4 is 21.8 Å². The van der Waals surface area contributed by atoms with Crippen molar-refractivity contribution in [2.24, 2.45) is 0 Å². The molecule has 4 nitrogen and oxygen atoms in total. The largest absolute Gasteiger partial charge is 0.346 e. The first-order chi connectivity index (χ1) is 13.6. The molecule has 0 saturated carbocycles. The third kappa shape index (κ3) is 2.98. The highest BCUT2D eigenvalue weighted by atomic mass is 79.9. The van der Waals surface area contributed by atoms with E-state index in [1.54, 1.807) is 4.90 Å². The van der Waals surface area contributed by atoms with Crippen LogP contribution < -0.4 is 0 Å². The van der Waals surface area contributed by atoms with E-state index in [0.717, 1.165) is 29.7 Å². The van der Waals surface area contributed by atoms with Gasteiger partial charge in [0.05, 0.1) is 5.54 Å². The van der Waals surface area contributed by atoms with E-state index in [4.69, 9.17) is 0 Å². The Labute approximate surface area is 174 Å². The van der Waals surface area contributed by atoms with Gasteiger partial charge in [-0.3, -0.25) is 4.79 Å². The minimum Gasteiger partial charge on any atom is -0.346 e. The molecule has 1 atom stereocenters. The molecule has 28 heavy (non-hydrogen) atoms. The molecule has 5 heteroatoms. The Hall–Kier alpha value is -2.40. The molecule has 1 unspecified atom stereocenters. The molecule has 144 valence electrons. The summed E-state index contributed by atoms with van der Waals surface area (Å²) < 4.78 is 3.35. The fraction of sp³-hybridized carbons (Fsp3) is 0.304. The molecule has 0 aliphatic carbocycles. The Kier molecular flexibility index (Phi) is 5.11. The van der Waals surface area contributed by atoms with Gasteiger partial charge in [0.25, 0.3) is 0 Å². The second kappa shape index (κ2) is 7.55. The summed E-state index contributed by atoms with van der Waals surface area (Å²) in [7, 11) is 1.87. The minimum atomic E-state index is -0.339. The number of amides is 1. The number of benzene rings is 2. The summed E-state index contributed by atoms with van der Waals surface area (Å²) in [5.74, 6) is 1.20. The highest BCUT2D eigenvalue weighted by Gasteiger charge is 2.44. The molecular formula is C23H24BrN3O. The molecular weight excluding hydrogens is 414 g/mol. The number of fused-ring (bicyclic) bond motifs is 3. The average Bonchev–Trinajstić information content (AvgIpc) is 3.30. The highest BCUT2D eigenvalue weighted by molar-refractivity contribution is 9.10. The molecule has 0 bridgehead atoms. The summed E-state index contributed by atoms with van der Waals surface area (Å²) in [5, 5.41) is 0. The molecule has 2 aromatic carbocycles. The van der Waals surface area contributed by atoms with E-state index in [-0.39, 0.29) is 11.4 Å². The van der Waals surface area contributed by atoms with E-state index in [9.17, 15) is 4.79 Å². The molecule has 1 aliphatic rings. The number of carbonyl (C=O) groups excluding carboxylic acids is 1. The predicted octanol–water partition coefficient (Wildman–Crippen LogP) is 5.07. The Morgan fingerprint density at radius 1 is 1.18 bits per heavy atom. The van der Waals surface area contributed by atoms with Gasteiger partial charge in [-0.25, -0.2) is 4.98 Å². The third-order valence-electron chi connectivity index (χ3n) is 5.82. The molecule has 0 fully saturated rings. The molecule has 0 saturated heterocycles. The lowest BCUT2D eigenvalue weighted by atomic mass is 9.79. The number of nitrogens with zero attached hydrogens (tertiary/aromatic N) is 3. The zero-order valence-corrected chi connectivity index (χ0v) is 17.8. The van der Waals surface area contributed by atoms with Crippen LogP contribution in [0, 0.1) is 0 Å². The lowest BCUT2D eigenvalue weighted by Crippen LogP contribution is -2.34. The summed E-state index contributed by atoms with van der Waals surface area (Å²) >= 11 is 3.55. The summed E-state index contributed by atoms with van der Waals surface area (Å²) in [6.45, 7) is 2.75. The maximum atomic E-state index is 12.4. The zero-order chi connectivity index (χ0) is 19.7. The monoisotopic (exact) mass is 437 g/mol. The van der Waals surface area contributed by atoms with Crippen LogP contribution in [0.1, 0.15) is 37.3 Å². The Bertz CT molecular complexity index is 995. The van der Waals surface area contributed by atoms with Crippen molar-refractivity contribution in [1.29, 1.82) is 0 Å². The molecule has 2 heterocycles. The van der Waals surface area contributed by atoms with Crippen molar-refractivity contribution in [3.05, 3.63) is 76.5 Å². The fourth-order valence-electron chi connectivity index (χ4n) is 4.26. The smallest absolute Gasteiger partial charge is 0.222 e. The Morgan fingerprint density at radius 3 is 2.68 bits per heavy atom. The van der Waals surface area contributed by atoms with Gasteiger partial charge in [0.2, 0.25) is 5.91 Å². The standard InChI is InChI=1S/C23H24BrN3O/c1-3-26(2)21(28)9-6-14-23(17-10-12-18(24)13-11-17)20-8-5-4-7-19(20)22-25-15-16-27(22)23/h4-5,7-8,10-13,15-16H,3,6,9,14H2,1-2H3. The summed E-state index contributed by atoms with van der Waals surface area (Å²) in [4.78, 5) is 18.8. The van der Waals surface area contributed by atoms with Gasteiger partial charge >= 0.3 is 0 Å². The quantitative estimate of drug-likeness (QED) is 0.539. The first-order valence-corrected chi connectivity index (χ1v) is 10.5. The first kappa shape index (κ1) is 18.9. The van der Waals surface area contributed by atoms with Gasteiger partial charge in [0, 0.05) is 42.4 Å². The number of hydrogen-bond donors (Lipinski definition) is 0. The van der Waals surface area contributed by atoms with Gasteiger partial charge in [-0.2, -0.15) is 0 Å². The second-order valence-corrected chi connectivity index (χ2v) is 8.21. The van der Waals surface area contributed by atoms with E-state index < -0.39 is 0 Å². The third-order valence-corrected chi connectivity index (χ3v) is 6.35. The molecule has 1 aliphatic heterocycles. The van der Waals surface area contributed by atoms with Gasteiger partial charge in [-0.1, -0.05) is 52.3 Å². The van der Waals surface area contributed by atoms with Gasteiger partial charge in [-0.05, 0) is 43.0 Å². The van der Waals surface area contributed by atoms with Crippen molar-refractivity contribution in [3.63, 3.8) is 0 Å². The molecule has 1 amide bonds. The van der Waals surface area contributed by atoms with Crippen LogP contribution in [0.4, 0.5) is 0 Å². The van der Waals surface area contributed by atoms with Crippen LogP contribution in [0.3, 0.4) is 0 Å². The lowest BCUT2D eigenvalue weighted by molar-refractivity contribution is -0.129. The number of carbonyl (C=O) groups is 1. The van der Waals surface area contributed by atoms with Crippen LogP contribution in [0.15, 0.2) is 65.4 Å². The molecule has 1 aromatic heterocycles. The summed E-state index contributed by atoms with van der Waals surface area (Å²) in [5.41, 5.74) is 3.31. The average molecular weight is 438 g/mol. The molecule has 0 spiro atoms. The van der Waals surface area contributed by atoms with Gasteiger partial charge in [0.1, 0.15) is 5.82 Å². The first-order valence-electron chi connectivity index (χ1n) is 9.71. The number of aromatic nitrogens is 2. The number of imidazole rings is 1. The lowest BCUT2D eigenvalue weighted by Gasteiger charge is -2.34. The minimum absolute atomic E-state index is 0.200. The van der Waals surface area contributed by atoms with Gasteiger partial charge in [-0.15, -0.1) is 0 Å². The van der Waals surface area contributed by atoms with E-state index in [1.165, 1.54) is 16.7 Å². The van der Waals surface area contributed by atoms with Gasteiger partial charge in [0.15, 0.2) is 0 Å². The fourth-order valence-corrected chi connectivity index (χ4v) is 4.53. The molecule has 4 rings (SSSR count). The van der Waals surface area contributed by atoms with Crippen molar-refractivity contribution in [2.45, 2.75) is 31.7 Å². The van der Waals surface area contributed by atoms with Crippen LogP contribution in [0.25, 0.3) is 11.4 Å². The maximum Gasteiger partial charge on any atom is 0.222 e. The van der Waals surface area contributed by atoms with Crippen LogP contribution in [-0.4, -0.2) is 34.0 Å². The van der Waals surface area contributed by atoms with Crippen molar-refractivity contribution < 1.29 is 4.79 Å². The SMILES string of the molecule is CCN(C)C(=O)CCCC1(c2ccc(Br)cc2)c2ccccc2-c2nccn21. The van der Waals surface area contributed by atoms with Crippen molar-refractivity contribution in [3.8, 4) is 11.4 Å². The van der Waals surface area contributed by atoms with Crippen molar-refractivity contribution in [1.82, 2.24) is 14.5 Å². The Balaban J connectivity index is 1.78. The van der Waals surface area contributed by atoms with Crippen LogP contribution in [0.5, 0.6) is 0 Å². The Morgan fingerprint density at radius 2 is 1.93 bits per heavy atom. The topological polar surface area (TPSA) is 38.1 Å². The number of halogens is 1. The predicted molar refractivity (Wildman–Crippen MR) is 115 cm³/mol. The summed E-state index contributed by atoms with van der Waals surface area (Å²) in [6.07, 6.45) is 6.14. The second-order valence-electron chi connectivity index (χ2n) is 7.30. The van der Waals surface area contributed by atoms with Gasteiger partial charge < -0.3 is 9.47 Å². The normalized spacial score (nSPS) is 17.2.